The molecule has 2 rings (SSSR count). The molecule has 2 saturated carbocycles. The third-order valence-electron chi connectivity index (χ3n) is 4.21. The fourth-order valence-electron chi connectivity index (χ4n) is 3.08. The number of fused-ring (bicyclic) bond motifs is 2. The highest BCUT2D eigenvalue weighted by molar-refractivity contribution is 7.86. The van der Waals surface area contributed by atoms with E-state index in [4.69, 9.17) is 9.29 Å². The maximum Gasteiger partial charge on any atom is 0.405 e. The van der Waals surface area contributed by atoms with E-state index < -0.39 is 34.1 Å². The molecule has 2 fully saturated rings. The first-order valence-electron chi connectivity index (χ1n) is 6.77. The topological polar surface area (TPSA) is 89.9 Å². The quantitative estimate of drug-likeness (QED) is 0.588. The lowest BCUT2D eigenvalue weighted by Gasteiger charge is -2.23. The molecule has 1 N–H and O–H groups in total. The third-order valence-corrected chi connectivity index (χ3v) is 5.23. The van der Waals surface area contributed by atoms with Crippen molar-refractivity contribution in [2.75, 3.05) is 6.61 Å². The number of halogens is 2. The van der Waals surface area contributed by atoms with E-state index in [2.05, 4.69) is 4.74 Å². The maximum atomic E-state index is 13.2. The lowest BCUT2D eigenvalue weighted by molar-refractivity contribution is -0.167. The Labute approximate surface area is 121 Å². The van der Waals surface area contributed by atoms with Crippen molar-refractivity contribution in [3.05, 3.63) is 0 Å². The molecule has 2 bridgehead atoms. The Morgan fingerprint density at radius 2 is 2.05 bits per heavy atom. The molecule has 9 heteroatoms. The number of carbonyl (C=O) groups is 1. The molecule has 122 valence electrons. The minimum absolute atomic E-state index is 0.0614. The Balaban J connectivity index is 1.79. The molecule has 0 heterocycles. The largest absolute Gasteiger partial charge is 0.453 e. The van der Waals surface area contributed by atoms with Gasteiger partial charge in [0.05, 0.1) is 6.10 Å². The van der Waals surface area contributed by atoms with Crippen molar-refractivity contribution in [2.24, 2.45) is 11.8 Å². The lowest BCUT2D eigenvalue weighted by atomic mass is 9.98. The third kappa shape index (κ3) is 3.51. The Morgan fingerprint density at radius 1 is 1.38 bits per heavy atom. The molecule has 0 aliphatic heterocycles. The summed E-state index contributed by atoms with van der Waals surface area (Å²) in [5.74, 6) is -0.0631. The second-order valence-corrected chi connectivity index (χ2v) is 7.19. The molecule has 0 aromatic rings. The van der Waals surface area contributed by atoms with Crippen LogP contribution in [-0.2, 0) is 24.4 Å². The molecular formula is C12H18F2O6S. The van der Waals surface area contributed by atoms with Crippen molar-refractivity contribution in [3.63, 3.8) is 0 Å². The highest BCUT2D eigenvalue weighted by Gasteiger charge is 2.52. The molecule has 2 aliphatic carbocycles. The summed E-state index contributed by atoms with van der Waals surface area (Å²) in [6.45, 7) is 0.197. The number of ether oxygens (including phenoxy) is 2. The summed E-state index contributed by atoms with van der Waals surface area (Å²) in [6, 6.07) is 0. The molecule has 0 aromatic carbocycles. The molecule has 2 aliphatic rings. The number of esters is 1. The van der Waals surface area contributed by atoms with Crippen LogP contribution in [-0.4, -0.2) is 43.0 Å². The van der Waals surface area contributed by atoms with Gasteiger partial charge in [-0.2, -0.15) is 17.2 Å². The van der Waals surface area contributed by atoms with Crippen LogP contribution in [0.1, 0.15) is 32.6 Å². The van der Waals surface area contributed by atoms with Crippen molar-refractivity contribution >= 4 is 16.1 Å². The van der Waals surface area contributed by atoms with Crippen LogP contribution in [0.5, 0.6) is 0 Å². The predicted octanol–water partition coefficient (Wildman–Crippen LogP) is 1.60. The summed E-state index contributed by atoms with van der Waals surface area (Å²) in [6.07, 6.45) is 1.78. The highest BCUT2D eigenvalue weighted by Crippen LogP contribution is 2.45. The van der Waals surface area contributed by atoms with E-state index in [-0.39, 0.29) is 6.10 Å². The average molecular weight is 328 g/mol. The van der Waals surface area contributed by atoms with E-state index in [1.54, 1.807) is 0 Å². The molecule has 0 saturated heterocycles. The van der Waals surface area contributed by atoms with Gasteiger partial charge in [0.1, 0.15) is 6.61 Å². The fourth-order valence-corrected chi connectivity index (χ4v) is 3.54. The lowest BCUT2D eigenvalue weighted by Crippen LogP contribution is -2.42. The Kier molecular flexibility index (Phi) is 4.55. The normalized spacial score (nSPS) is 30.4. The minimum Gasteiger partial charge on any atom is -0.453 e. The molecule has 21 heavy (non-hydrogen) atoms. The molecule has 0 aromatic heterocycles. The van der Waals surface area contributed by atoms with Gasteiger partial charge in [0.2, 0.25) is 0 Å². The van der Waals surface area contributed by atoms with Crippen LogP contribution in [0, 0.1) is 11.8 Å². The van der Waals surface area contributed by atoms with Gasteiger partial charge in [-0.05, 0) is 44.4 Å². The number of carbonyl (C=O) groups excluding carboxylic acids is 1. The average Bonchev–Trinajstić information content (AvgIpc) is 2.96. The van der Waals surface area contributed by atoms with Gasteiger partial charge in [-0.1, -0.05) is 0 Å². The van der Waals surface area contributed by atoms with E-state index in [1.165, 1.54) is 0 Å². The van der Waals surface area contributed by atoms with Gasteiger partial charge in [0.15, 0.2) is 6.10 Å². The number of hydrogen-bond donors (Lipinski definition) is 1. The van der Waals surface area contributed by atoms with Crippen LogP contribution in [0.4, 0.5) is 8.78 Å². The summed E-state index contributed by atoms with van der Waals surface area (Å²) in [7, 11) is -5.64. The second-order valence-electron chi connectivity index (χ2n) is 5.69. The van der Waals surface area contributed by atoms with Crippen molar-refractivity contribution in [2.45, 2.75) is 50.1 Å². The Hall–Kier alpha value is -0.800. The first-order chi connectivity index (χ1) is 9.61. The SMILES string of the molecule is CC(OC(=O)COC1CC2CCC1C2)C(F)(F)S(=O)(=O)O. The van der Waals surface area contributed by atoms with Crippen molar-refractivity contribution < 1.29 is 36.0 Å². The molecule has 0 amide bonds. The van der Waals surface area contributed by atoms with Gasteiger partial charge < -0.3 is 9.47 Å². The van der Waals surface area contributed by atoms with Crippen molar-refractivity contribution in [1.29, 1.82) is 0 Å². The molecular weight excluding hydrogens is 310 g/mol. The van der Waals surface area contributed by atoms with Gasteiger partial charge >= 0.3 is 21.3 Å². The van der Waals surface area contributed by atoms with E-state index in [1.807, 2.05) is 0 Å². The Bertz CT molecular complexity index is 506. The van der Waals surface area contributed by atoms with Crippen LogP contribution in [0.25, 0.3) is 0 Å². The summed E-state index contributed by atoms with van der Waals surface area (Å²) in [4.78, 5) is 11.4. The highest BCUT2D eigenvalue weighted by atomic mass is 32.2. The zero-order chi connectivity index (χ0) is 15.8. The molecule has 0 radical (unpaired) electrons. The fraction of sp³-hybridized carbons (Fsp3) is 0.917. The summed E-state index contributed by atoms with van der Waals surface area (Å²) in [5.41, 5.74) is 0. The summed E-state index contributed by atoms with van der Waals surface area (Å²) >= 11 is 0. The second kappa shape index (κ2) is 5.77. The molecule has 6 nitrogen and oxygen atoms in total. The van der Waals surface area contributed by atoms with E-state index >= 15 is 0 Å². The maximum absolute atomic E-state index is 13.2. The number of alkyl halides is 2. The first-order valence-corrected chi connectivity index (χ1v) is 8.21. The van der Waals surface area contributed by atoms with Gasteiger partial charge in [-0.3, -0.25) is 4.55 Å². The van der Waals surface area contributed by atoms with Crippen molar-refractivity contribution in [1.82, 2.24) is 0 Å². The van der Waals surface area contributed by atoms with Crippen molar-refractivity contribution in [3.8, 4) is 0 Å². The zero-order valence-corrected chi connectivity index (χ0v) is 12.3. The molecule has 4 unspecified atom stereocenters. The van der Waals surface area contributed by atoms with E-state index in [9.17, 15) is 22.0 Å². The van der Waals surface area contributed by atoms with Crippen LogP contribution >= 0.6 is 0 Å². The van der Waals surface area contributed by atoms with Gasteiger partial charge in [-0.15, -0.1) is 0 Å². The Morgan fingerprint density at radius 3 is 2.52 bits per heavy atom. The predicted molar refractivity (Wildman–Crippen MR) is 67.2 cm³/mol. The van der Waals surface area contributed by atoms with Crippen LogP contribution in [0.2, 0.25) is 0 Å². The van der Waals surface area contributed by atoms with E-state index in [0.717, 1.165) is 25.7 Å². The number of rotatable bonds is 6. The summed E-state index contributed by atoms with van der Waals surface area (Å²) < 4.78 is 65.5. The zero-order valence-electron chi connectivity index (χ0n) is 11.5. The smallest absolute Gasteiger partial charge is 0.405 e. The minimum atomic E-state index is -5.64. The molecule has 0 spiro atoms. The van der Waals surface area contributed by atoms with Crippen LogP contribution in [0.15, 0.2) is 0 Å². The monoisotopic (exact) mass is 328 g/mol. The van der Waals surface area contributed by atoms with Crippen LogP contribution < -0.4 is 0 Å². The van der Waals surface area contributed by atoms with E-state index in [0.29, 0.717) is 18.8 Å². The molecule has 4 atom stereocenters. The van der Waals surface area contributed by atoms with Gasteiger partial charge in [0, 0.05) is 0 Å². The van der Waals surface area contributed by atoms with Gasteiger partial charge in [-0.25, -0.2) is 4.79 Å². The van der Waals surface area contributed by atoms with Crippen LogP contribution in [0.3, 0.4) is 0 Å². The summed E-state index contributed by atoms with van der Waals surface area (Å²) in [5, 5.41) is -4.55. The first kappa shape index (κ1) is 16.6. The standard InChI is InChI=1S/C12H18F2O6S/c1-7(12(13,14)21(16,17)18)20-11(15)6-19-10-5-8-2-3-9(10)4-8/h7-10H,2-6H2,1H3,(H,16,17,18). The number of hydrogen-bond acceptors (Lipinski definition) is 5. The van der Waals surface area contributed by atoms with Gasteiger partial charge in [0.25, 0.3) is 0 Å².